The Morgan fingerprint density at radius 3 is 2.45 bits per heavy atom. The number of aromatic nitrogens is 4. The van der Waals surface area contributed by atoms with E-state index in [1.54, 1.807) is 0 Å². The van der Waals surface area contributed by atoms with Gasteiger partial charge in [-0.15, -0.1) is 0 Å². The quantitative estimate of drug-likeness (QED) is 0.329. The van der Waals surface area contributed by atoms with Crippen molar-refractivity contribution < 1.29 is 43.2 Å². The first kappa shape index (κ1) is 27.3. The summed E-state index contributed by atoms with van der Waals surface area (Å²) in [6.07, 6.45) is -3.18. The van der Waals surface area contributed by atoms with Crippen molar-refractivity contribution in [1.29, 1.82) is 5.26 Å². The van der Waals surface area contributed by atoms with E-state index in [1.807, 2.05) is 6.07 Å². The van der Waals surface area contributed by atoms with Crippen molar-refractivity contribution in [2.45, 2.75) is 30.5 Å². The Labute approximate surface area is 214 Å². The number of carbonyl (C=O) groups excluding carboxylic acids is 1. The van der Waals surface area contributed by atoms with E-state index in [9.17, 15) is 44.3 Å². The second-order valence-corrected chi connectivity index (χ2v) is 9.55. The van der Waals surface area contributed by atoms with Gasteiger partial charge in [0.05, 0.1) is 22.9 Å². The Morgan fingerprint density at radius 1 is 1.24 bits per heavy atom. The summed E-state index contributed by atoms with van der Waals surface area (Å²) in [5.41, 5.74) is -2.83. The zero-order valence-electron chi connectivity index (χ0n) is 18.7. The van der Waals surface area contributed by atoms with Crippen LogP contribution in [0.4, 0.5) is 25.8 Å². The van der Waals surface area contributed by atoms with Crippen LogP contribution >= 0.6 is 11.6 Å². The maximum atomic E-state index is 14.1. The lowest BCUT2D eigenvalue weighted by atomic mass is 10.1. The van der Waals surface area contributed by atoms with Crippen LogP contribution in [0.3, 0.4) is 0 Å². The average molecular weight is 583 g/mol. The first-order valence-electron chi connectivity index (χ1n) is 10.2. The molecule has 1 aliphatic carbocycles. The molecule has 1 aliphatic rings. The third kappa shape index (κ3) is 5.00. The summed E-state index contributed by atoms with van der Waals surface area (Å²) in [6, 6.07) is 6.06. The summed E-state index contributed by atoms with van der Waals surface area (Å²) in [6.45, 7) is 0. The van der Waals surface area contributed by atoms with E-state index < -0.39 is 51.3 Å². The van der Waals surface area contributed by atoms with Gasteiger partial charge in [0.15, 0.2) is 11.5 Å². The molecule has 38 heavy (non-hydrogen) atoms. The number of nitrogens with one attached hydrogen (secondary N) is 1. The lowest BCUT2D eigenvalue weighted by Crippen LogP contribution is -2.35. The number of halogens is 7. The molecule has 0 unspecified atom stereocenters. The van der Waals surface area contributed by atoms with Gasteiger partial charge in [0.2, 0.25) is 5.75 Å². The third-order valence-electron chi connectivity index (χ3n) is 5.47. The maximum absolute atomic E-state index is 14.1. The Bertz CT molecular complexity index is 1590. The standard InChI is InChI=1S/C20H13ClF6N6O4S/c1-32-17(14(37-38(27,35)36)15(31-32)19(22,23)20(24,25)26)33-8-11(7-29-33)10-2-3-13(21)12(6-10)16(34)30-18(9-28)4-5-18/h2-3,6-8H,4-5H2,1H3,(H,30,34). The molecule has 0 spiro atoms. The molecule has 4 rings (SSSR count). The number of aryl methyl sites for hydroxylation is 1. The number of hydrogen-bond donors (Lipinski definition) is 1. The smallest absolute Gasteiger partial charge is 0.352 e. The van der Waals surface area contributed by atoms with E-state index in [-0.39, 0.29) is 21.7 Å². The topological polar surface area (TPSA) is 132 Å². The van der Waals surface area contributed by atoms with Gasteiger partial charge < -0.3 is 9.50 Å². The fourth-order valence-corrected chi connectivity index (χ4v) is 3.96. The molecular weight excluding hydrogens is 570 g/mol. The second kappa shape index (κ2) is 8.91. The molecule has 1 N–H and O–H groups in total. The molecule has 1 fully saturated rings. The number of rotatable bonds is 7. The number of amides is 1. The van der Waals surface area contributed by atoms with Crippen LogP contribution in [0.2, 0.25) is 5.02 Å². The summed E-state index contributed by atoms with van der Waals surface area (Å²) in [5, 5.41) is 18.6. The molecule has 1 amide bonds. The van der Waals surface area contributed by atoms with Crippen LogP contribution in [0, 0.1) is 11.3 Å². The number of hydrogen-bond acceptors (Lipinski definition) is 7. The zero-order chi connectivity index (χ0) is 28.3. The summed E-state index contributed by atoms with van der Waals surface area (Å²) in [7, 11) is -5.20. The Hall–Kier alpha value is -3.78. The molecule has 10 nitrogen and oxygen atoms in total. The molecule has 1 saturated carbocycles. The molecule has 202 valence electrons. The fraction of sp³-hybridized carbons (Fsp3) is 0.300. The van der Waals surface area contributed by atoms with Gasteiger partial charge in [-0.25, -0.2) is 9.36 Å². The van der Waals surface area contributed by atoms with Crippen LogP contribution in [-0.4, -0.2) is 45.6 Å². The molecule has 18 heteroatoms. The van der Waals surface area contributed by atoms with Crippen molar-refractivity contribution in [3.05, 3.63) is 46.9 Å². The highest BCUT2D eigenvalue weighted by molar-refractivity contribution is 7.81. The van der Waals surface area contributed by atoms with Gasteiger partial charge in [-0.2, -0.15) is 45.8 Å². The minimum absolute atomic E-state index is 0.0291. The molecule has 0 atom stereocenters. The summed E-state index contributed by atoms with van der Waals surface area (Å²) >= 11 is 6.11. The van der Waals surface area contributed by atoms with E-state index in [1.165, 1.54) is 18.2 Å². The molecule has 2 heterocycles. The number of carbonyl (C=O) groups is 1. The normalized spacial score (nSPS) is 15.1. The minimum atomic E-state index is -6.23. The van der Waals surface area contributed by atoms with Crippen LogP contribution < -0.4 is 9.50 Å². The second-order valence-electron chi connectivity index (χ2n) is 8.19. The van der Waals surface area contributed by atoms with Gasteiger partial charge in [0.25, 0.3) is 5.91 Å². The average Bonchev–Trinajstić information content (AvgIpc) is 3.26. The molecular formula is C20H13ClF6N6O4S. The van der Waals surface area contributed by atoms with E-state index in [2.05, 4.69) is 19.7 Å². The molecule has 0 bridgehead atoms. The monoisotopic (exact) mass is 582 g/mol. The molecule has 1 aromatic carbocycles. The molecule has 3 aromatic rings. The van der Waals surface area contributed by atoms with Crippen LogP contribution in [0.25, 0.3) is 16.9 Å². The molecule has 0 aliphatic heterocycles. The largest absolute Gasteiger partial charge is 0.488 e. The van der Waals surface area contributed by atoms with Crippen molar-refractivity contribution in [3.8, 4) is 28.8 Å². The SMILES string of the molecule is Cn1nc(C(F)(F)C(F)(F)F)c(OS(=O)(=O)F)c1-n1cc(-c2ccc(Cl)c(C(=O)NC3(C#N)CC3)c2)cn1. The van der Waals surface area contributed by atoms with E-state index >= 15 is 0 Å². The van der Waals surface area contributed by atoms with Crippen molar-refractivity contribution >= 4 is 28.0 Å². The van der Waals surface area contributed by atoms with Gasteiger partial charge >= 0.3 is 22.6 Å². The lowest BCUT2D eigenvalue weighted by molar-refractivity contribution is -0.291. The Balaban J connectivity index is 1.77. The van der Waals surface area contributed by atoms with Crippen LogP contribution in [0.5, 0.6) is 5.75 Å². The predicted octanol–water partition coefficient (Wildman–Crippen LogP) is 3.96. The van der Waals surface area contributed by atoms with Crippen molar-refractivity contribution in [2.75, 3.05) is 0 Å². The summed E-state index contributed by atoms with van der Waals surface area (Å²) in [5.74, 6) is -9.00. The van der Waals surface area contributed by atoms with Gasteiger partial charge in [-0.1, -0.05) is 21.6 Å². The Kier molecular flexibility index (Phi) is 6.39. The number of alkyl halides is 5. The number of nitrogens with zero attached hydrogens (tertiary/aromatic N) is 5. The fourth-order valence-electron chi connectivity index (χ4n) is 3.40. The summed E-state index contributed by atoms with van der Waals surface area (Å²) < 4.78 is 107. The van der Waals surface area contributed by atoms with Crippen molar-refractivity contribution in [2.24, 2.45) is 7.05 Å². The highest BCUT2D eigenvalue weighted by Gasteiger charge is 2.63. The molecule has 0 saturated heterocycles. The molecule has 0 radical (unpaired) electrons. The van der Waals surface area contributed by atoms with Crippen LogP contribution in [0.15, 0.2) is 30.6 Å². The highest BCUT2D eigenvalue weighted by Crippen LogP contribution is 2.48. The first-order valence-corrected chi connectivity index (χ1v) is 11.9. The number of nitriles is 1. The summed E-state index contributed by atoms with van der Waals surface area (Å²) in [4.78, 5) is 12.6. The van der Waals surface area contributed by atoms with Gasteiger partial charge in [0.1, 0.15) is 5.54 Å². The van der Waals surface area contributed by atoms with Gasteiger partial charge in [-0.3, -0.25) is 4.79 Å². The molecule has 2 aromatic heterocycles. The predicted molar refractivity (Wildman–Crippen MR) is 116 cm³/mol. The van der Waals surface area contributed by atoms with E-state index in [0.717, 1.165) is 19.4 Å². The zero-order valence-corrected chi connectivity index (χ0v) is 20.3. The van der Waals surface area contributed by atoms with Crippen LogP contribution in [-0.2, 0) is 23.5 Å². The number of benzene rings is 1. The maximum Gasteiger partial charge on any atom is 0.488 e. The van der Waals surface area contributed by atoms with E-state index in [0.29, 0.717) is 22.2 Å². The Morgan fingerprint density at radius 2 is 1.89 bits per heavy atom. The van der Waals surface area contributed by atoms with Crippen molar-refractivity contribution in [1.82, 2.24) is 24.9 Å². The lowest BCUT2D eigenvalue weighted by Gasteiger charge is -2.18. The van der Waals surface area contributed by atoms with Crippen LogP contribution in [0.1, 0.15) is 28.9 Å². The van der Waals surface area contributed by atoms with Gasteiger partial charge in [0, 0.05) is 18.8 Å². The first-order chi connectivity index (χ1) is 17.5. The minimum Gasteiger partial charge on any atom is -0.352 e. The van der Waals surface area contributed by atoms with Crippen molar-refractivity contribution in [3.63, 3.8) is 0 Å². The van der Waals surface area contributed by atoms with E-state index in [4.69, 9.17) is 11.6 Å². The highest BCUT2D eigenvalue weighted by atomic mass is 35.5. The third-order valence-corrected chi connectivity index (χ3v) is 6.17. The van der Waals surface area contributed by atoms with Gasteiger partial charge in [-0.05, 0) is 30.5 Å².